The number of methoxy groups -OCH3 is 1. The van der Waals surface area contributed by atoms with Crippen LogP contribution in [0.5, 0.6) is 5.75 Å². The molecule has 0 spiro atoms. The number of carbonyl (C=O) groups excluding carboxylic acids is 1. The summed E-state index contributed by atoms with van der Waals surface area (Å²) in [5, 5.41) is 4.55. The summed E-state index contributed by atoms with van der Waals surface area (Å²) in [7, 11) is -1.56. The van der Waals surface area contributed by atoms with E-state index in [4.69, 9.17) is 16.3 Å². The van der Waals surface area contributed by atoms with Crippen molar-refractivity contribution in [2.24, 2.45) is 11.0 Å². The van der Waals surface area contributed by atoms with Gasteiger partial charge in [-0.25, -0.2) is 13.8 Å². The smallest absolute Gasteiger partial charge is 0.244 e. The lowest BCUT2D eigenvalue weighted by Crippen LogP contribution is -2.28. The Labute approximate surface area is 134 Å². The Kier molecular flexibility index (Phi) is 5.08. The van der Waals surface area contributed by atoms with Crippen LogP contribution < -0.4 is 10.2 Å². The summed E-state index contributed by atoms with van der Waals surface area (Å²) in [5.74, 6) is -0.406. The van der Waals surface area contributed by atoms with Crippen LogP contribution in [0.3, 0.4) is 0 Å². The molecule has 0 bridgehead atoms. The molecule has 22 heavy (non-hydrogen) atoms. The lowest BCUT2D eigenvalue weighted by atomic mass is 10.1. The molecule has 1 aromatic carbocycles. The third-order valence-electron chi connectivity index (χ3n) is 3.49. The van der Waals surface area contributed by atoms with Crippen molar-refractivity contribution in [3.8, 4) is 5.75 Å². The van der Waals surface area contributed by atoms with Crippen LogP contribution in [-0.4, -0.2) is 38.7 Å². The van der Waals surface area contributed by atoms with Gasteiger partial charge >= 0.3 is 0 Å². The molecule has 0 radical (unpaired) electrons. The maximum atomic E-state index is 12.0. The summed E-state index contributed by atoms with van der Waals surface area (Å²) < 4.78 is 28.0. The fourth-order valence-electron chi connectivity index (χ4n) is 2.26. The van der Waals surface area contributed by atoms with E-state index < -0.39 is 15.8 Å². The van der Waals surface area contributed by atoms with Crippen LogP contribution in [0, 0.1) is 5.92 Å². The highest BCUT2D eigenvalue weighted by molar-refractivity contribution is 7.91. The molecule has 0 aromatic heterocycles. The van der Waals surface area contributed by atoms with E-state index in [1.165, 1.54) is 7.11 Å². The molecule has 0 aliphatic carbocycles. The Morgan fingerprint density at radius 2 is 2.18 bits per heavy atom. The van der Waals surface area contributed by atoms with Gasteiger partial charge in [0, 0.05) is 10.6 Å². The molecule has 6 nitrogen and oxygen atoms in total. The fourth-order valence-corrected chi connectivity index (χ4v) is 4.17. The van der Waals surface area contributed by atoms with E-state index in [0.717, 1.165) is 0 Å². The number of hydrazone groups is 1. The van der Waals surface area contributed by atoms with Gasteiger partial charge in [0.25, 0.3) is 0 Å². The average Bonchev–Trinajstić information content (AvgIpc) is 2.84. The first-order chi connectivity index (χ1) is 10.3. The zero-order chi connectivity index (χ0) is 16.3. The van der Waals surface area contributed by atoms with Gasteiger partial charge in [0.1, 0.15) is 5.75 Å². The van der Waals surface area contributed by atoms with Crippen LogP contribution in [-0.2, 0) is 14.6 Å². The van der Waals surface area contributed by atoms with Crippen molar-refractivity contribution >= 4 is 33.1 Å². The molecule has 0 unspecified atom stereocenters. The van der Waals surface area contributed by atoms with Crippen LogP contribution in [0.1, 0.15) is 18.9 Å². The monoisotopic (exact) mass is 344 g/mol. The lowest BCUT2D eigenvalue weighted by molar-refractivity contribution is -0.124. The number of ether oxygens (including phenoxy) is 1. The highest BCUT2D eigenvalue weighted by Crippen LogP contribution is 2.23. The fraction of sp³-hybridized carbons (Fsp3) is 0.429. The van der Waals surface area contributed by atoms with E-state index in [1.807, 2.05) is 0 Å². The third-order valence-corrected chi connectivity index (χ3v) is 5.49. The molecule has 1 heterocycles. The number of benzene rings is 1. The Bertz CT molecular complexity index is 716. The van der Waals surface area contributed by atoms with Crippen LogP contribution in [0.4, 0.5) is 0 Å². The van der Waals surface area contributed by atoms with E-state index in [9.17, 15) is 13.2 Å². The summed E-state index contributed by atoms with van der Waals surface area (Å²) in [6.45, 7) is 1.71. The van der Waals surface area contributed by atoms with E-state index in [0.29, 0.717) is 28.5 Å². The molecule has 120 valence electrons. The molecule has 1 N–H and O–H groups in total. The van der Waals surface area contributed by atoms with Gasteiger partial charge < -0.3 is 4.74 Å². The van der Waals surface area contributed by atoms with Crippen molar-refractivity contribution in [3.05, 3.63) is 28.8 Å². The van der Waals surface area contributed by atoms with Gasteiger partial charge in [-0.2, -0.15) is 5.10 Å². The van der Waals surface area contributed by atoms with Gasteiger partial charge in [0.2, 0.25) is 5.91 Å². The first-order valence-corrected chi connectivity index (χ1v) is 8.91. The van der Waals surface area contributed by atoms with Crippen LogP contribution >= 0.6 is 11.6 Å². The van der Waals surface area contributed by atoms with E-state index in [-0.39, 0.29) is 17.4 Å². The van der Waals surface area contributed by atoms with E-state index >= 15 is 0 Å². The summed E-state index contributed by atoms with van der Waals surface area (Å²) >= 11 is 5.95. The number of nitrogens with zero attached hydrogens (tertiary/aromatic N) is 1. The molecule has 1 saturated heterocycles. The number of carbonyl (C=O) groups is 1. The van der Waals surface area contributed by atoms with Gasteiger partial charge in [0.15, 0.2) is 9.84 Å². The number of amides is 1. The second kappa shape index (κ2) is 6.66. The standard InChI is InChI=1S/C14H17ClN2O4S/c1-9(12-7-11(15)3-4-13(12)21-2)16-17-14(18)10-5-6-22(19,20)8-10/h3-4,7,10H,5-6,8H2,1-2H3,(H,17,18)/b16-9-/t10-/m1/s1. The number of sulfone groups is 1. The average molecular weight is 345 g/mol. The maximum Gasteiger partial charge on any atom is 0.244 e. The molecule has 2 rings (SSSR count). The lowest BCUT2D eigenvalue weighted by Gasteiger charge is -2.10. The van der Waals surface area contributed by atoms with Crippen LogP contribution in [0.15, 0.2) is 23.3 Å². The molecule has 1 fully saturated rings. The second-order valence-electron chi connectivity index (χ2n) is 5.12. The highest BCUT2D eigenvalue weighted by Gasteiger charge is 2.32. The van der Waals surface area contributed by atoms with Crippen LogP contribution in [0.25, 0.3) is 0 Å². The number of nitrogens with one attached hydrogen (secondary N) is 1. The molecular weight excluding hydrogens is 328 g/mol. The molecule has 1 aliphatic rings. The molecular formula is C14H17ClN2O4S. The van der Waals surface area contributed by atoms with Crippen LogP contribution in [0.2, 0.25) is 5.02 Å². The van der Waals surface area contributed by atoms with Gasteiger partial charge in [-0.05, 0) is 31.5 Å². The summed E-state index contributed by atoms with van der Waals surface area (Å²) in [6, 6.07) is 5.09. The topological polar surface area (TPSA) is 84.8 Å². The Balaban J connectivity index is 2.10. The number of rotatable bonds is 4. The predicted octanol–water partition coefficient (Wildman–Crippen LogP) is 1.62. The zero-order valence-corrected chi connectivity index (χ0v) is 13.9. The molecule has 1 amide bonds. The molecule has 1 atom stereocenters. The largest absolute Gasteiger partial charge is 0.496 e. The molecule has 1 aromatic rings. The summed E-state index contributed by atoms with van der Waals surface area (Å²) in [5.41, 5.74) is 3.60. The minimum absolute atomic E-state index is 0.0515. The Morgan fingerprint density at radius 3 is 2.77 bits per heavy atom. The van der Waals surface area contributed by atoms with Gasteiger partial charge in [0.05, 0.1) is 30.2 Å². The zero-order valence-electron chi connectivity index (χ0n) is 12.3. The number of hydrogen-bond acceptors (Lipinski definition) is 5. The number of halogens is 1. The van der Waals surface area contributed by atoms with E-state index in [1.54, 1.807) is 25.1 Å². The van der Waals surface area contributed by atoms with Gasteiger partial charge in [-0.15, -0.1) is 0 Å². The minimum atomic E-state index is -3.09. The minimum Gasteiger partial charge on any atom is -0.496 e. The first-order valence-electron chi connectivity index (χ1n) is 6.71. The SMILES string of the molecule is COc1ccc(Cl)cc1/C(C)=N\NC(=O)[C@@H]1CCS(=O)(=O)C1. The van der Waals surface area contributed by atoms with Crippen molar-refractivity contribution in [1.29, 1.82) is 0 Å². The summed E-state index contributed by atoms with van der Waals surface area (Å²) in [4.78, 5) is 12.0. The van der Waals surface area contributed by atoms with Crippen molar-refractivity contribution in [2.75, 3.05) is 18.6 Å². The highest BCUT2D eigenvalue weighted by atomic mass is 35.5. The second-order valence-corrected chi connectivity index (χ2v) is 7.78. The predicted molar refractivity (Wildman–Crippen MR) is 85.1 cm³/mol. The molecule has 1 aliphatic heterocycles. The molecule has 0 saturated carbocycles. The molecule has 8 heteroatoms. The van der Waals surface area contributed by atoms with E-state index in [2.05, 4.69) is 10.5 Å². The normalized spacial score (nSPS) is 20.7. The first kappa shape index (κ1) is 16.8. The number of hydrogen-bond donors (Lipinski definition) is 1. The Hall–Kier alpha value is -1.60. The Morgan fingerprint density at radius 1 is 1.45 bits per heavy atom. The summed E-state index contributed by atoms with van der Waals surface area (Å²) in [6.07, 6.45) is 0.337. The van der Waals surface area contributed by atoms with Crippen molar-refractivity contribution in [1.82, 2.24) is 5.43 Å². The van der Waals surface area contributed by atoms with Crippen molar-refractivity contribution < 1.29 is 17.9 Å². The van der Waals surface area contributed by atoms with Crippen molar-refractivity contribution in [2.45, 2.75) is 13.3 Å². The maximum absolute atomic E-state index is 12.0. The van der Waals surface area contributed by atoms with Gasteiger partial charge in [-0.1, -0.05) is 11.6 Å². The third kappa shape index (κ3) is 3.98. The quantitative estimate of drug-likeness (QED) is 0.664. The van der Waals surface area contributed by atoms with Crippen molar-refractivity contribution in [3.63, 3.8) is 0 Å². The van der Waals surface area contributed by atoms with Gasteiger partial charge in [-0.3, -0.25) is 4.79 Å².